The zero-order valence-corrected chi connectivity index (χ0v) is 11.4. The van der Waals surface area contributed by atoms with Gasteiger partial charge in [-0.2, -0.15) is 0 Å². The second-order valence-electron chi connectivity index (χ2n) is 4.45. The first kappa shape index (κ1) is 12.9. The van der Waals surface area contributed by atoms with Gasteiger partial charge in [0.05, 0.1) is 0 Å². The lowest BCUT2D eigenvalue weighted by Crippen LogP contribution is -2.56. The van der Waals surface area contributed by atoms with Crippen LogP contribution in [0.1, 0.15) is 0 Å². The lowest BCUT2D eigenvalue weighted by molar-refractivity contribution is -0.120. The Bertz CT molecular complexity index is 546. The molecule has 0 unspecified atom stereocenters. The van der Waals surface area contributed by atoms with Gasteiger partial charge in [0.25, 0.3) is 0 Å². The van der Waals surface area contributed by atoms with E-state index in [1.165, 1.54) is 16.2 Å². The molecule has 2 saturated heterocycles. The van der Waals surface area contributed by atoms with Gasteiger partial charge in [0.2, 0.25) is 5.91 Å². The highest BCUT2D eigenvalue weighted by Crippen LogP contribution is 2.20. The van der Waals surface area contributed by atoms with Crippen molar-refractivity contribution < 1.29 is 14.4 Å². The number of thiazole rings is 1. The molecule has 2 aliphatic rings. The number of imide groups is 1. The summed E-state index contributed by atoms with van der Waals surface area (Å²) in [5.41, 5.74) is 0. The van der Waals surface area contributed by atoms with Gasteiger partial charge in [0, 0.05) is 37.8 Å². The molecule has 0 aromatic carbocycles. The summed E-state index contributed by atoms with van der Waals surface area (Å²) < 4.78 is 0. The molecule has 1 N–H and O–H groups in total. The molecule has 20 heavy (non-hydrogen) atoms. The van der Waals surface area contributed by atoms with E-state index in [1.54, 1.807) is 16.5 Å². The predicted molar refractivity (Wildman–Crippen MR) is 71.5 cm³/mol. The van der Waals surface area contributed by atoms with E-state index in [9.17, 15) is 14.4 Å². The molecule has 3 rings (SSSR count). The van der Waals surface area contributed by atoms with Crippen LogP contribution in [0.5, 0.6) is 0 Å². The molecule has 0 saturated carbocycles. The highest BCUT2D eigenvalue weighted by molar-refractivity contribution is 7.13. The number of aromatic nitrogens is 1. The van der Waals surface area contributed by atoms with E-state index in [4.69, 9.17) is 0 Å². The standard InChI is InChI=1S/C11H13N5O3S/c17-8-7-14(11(19)16-3-1-12-9(16)18)4-5-15(8)10-13-2-6-20-10/h2,6H,1,3-5,7H2,(H,12,18). The average molecular weight is 295 g/mol. The average Bonchev–Trinajstić information content (AvgIpc) is 3.09. The van der Waals surface area contributed by atoms with E-state index in [0.717, 1.165) is 4.90 Å². The van der Waals surface area contributed by atoms with Gasteiger partial charge < -0.3 is 10.2 Å². The van der Waals surface area contributed by atoms with Crippen LogP contribution in [0.25, 0.3) is 0 Å². The van der Waals surface area contributed by atoms with Crippen molar-refractivity contribution in [2.75, 3.05) is 37.6 Å². The fraction of sp³-hybridized carbons (Fsp3) is 0.455. The molecule has 8 nitrogen and oxygen atoms in total. The van der Waals surface area contributed by atoms with E-state index in [2.05, 4.69) is 10.3 Å². The maximum atomic E-state index is 12.2. The minimum Gasteiger partial charge on any atom is -0.336 e. The monoisotopic (exact) mass is 295 g/mol. The zero-order valence-electron chi connectivity index (χ0n) is 10.6. The first-order chi connectivity index (χ1) is 9.66. The Balaban J connectivity index is 1.66. The van der Waals surface area contributed by atoms with Gasteiger partial charge in [-0.1, -0.05) is 0 Å². The molecule has 0 aliphatic carbocycles. The topological polar surface area (TPSA) is 85.8 Å². The fourth-order valence-corrected chi connectivity index (χ4v) is 2.90. The van der Waals surface area contributed by atoms with Crippen LogP contribution in [0.15, 0.2) is 11.6 Å². The second-order valence-corrected chi connectivity index (χ2v) is 5.32. The summed E-state index contributed by atoms with van der Waals surface area (Å²) in [4.78, 5) is 43.9. The summed E-state index contributed by atoms with van der Waals surface area (Å²) in [7, 11) is 0. The summed E-state index contributed by atoms with van der Waals surface area (Å²) in [5, 5.41) is 5.01. The van der Waals surface area contributed by atoms with Crippen LogP contribution in [0.2, 0.25) is 0 Å². The number of amides is 5. The van der Waals surface area contributed by atoms with Gasteiger partial charge >= 0.3 is 12.1 Å². The fourth-order valence-electron chi connectivity index (χ4n) is 2.21. The van der Waals surface area contributed by atoms with Gasteiger partial charge in [0.1, 0.15) is 6.54 Å². The van der Waals surface area contributed by atoms with Gasteiger partial charge in [-0.25, -0.2) is 19.5 Å². The van der Waals surface area contributed by atoms with Crippen molar-refractivity contribution in [1.29, 1.82) is 0 Å². The summed E-state index contributed by atoms with van der Waals surface area (Å²) in [6.45, 7) is 1.57. The normalized spacial score (nSPS) is 19.5. The van der Waals surface area contributed by atoms with E-state index in [1.807, 2.05) is 0 Å². The Morgan fingerprint density at radius 1 is 1.30 bits per heavy atom. The number of nitrogens with zero attached hydrogens (tertiary/aromatic N) is 4. The molecule has 0 bridgehead atoms. The molecule has 0 radical (unpaired) electrons. The third kappa shape index (κ3) is 2.20. The first-order valence-corrected chi connectivity index (χ1v) is 7.09. The van der Waals surface area contributed by atoms with Crippen LogP contribution in [0.3, 0.4) is 0 Å². The molecular weight excluding hydrogens is 282 g/mol. The van der Waals surface area contributed by atoms with Crippen molar-refractivity contribution in [2.24, 2.45) is 0 Å². The molecule has 2 aliphatic heterocycles. The minimum absolute atomic E-state index is 0.0256. The first-order valence-electron chi connectivity index (χ1n) is 6.21. The van der Waals surface area contributed by atoms with E-state index in [-0.39, 0.29) is 12.5 Å². The molecule has 5 amide bonds. The maximum absolute atomic E-state index is 12.2. The zero-order chi connectivity index (χ0) is 14.1. The Labute approximate surface area is 119 Å². The third-order valence-electron chi connectivity index (χ3n) is 3.23. The quantitative estimate of drug-likeness (QED) is 0.786. The van der Waals surface area contributed by atoms with Gasteiger partial charge in [-0.3, -0.25) is 9.69 Å². The second kappa shape index (κ2) is 5.08. The van der Waals surface area contributed by atoms with Gasteiger partial charge in [-0.05, 0) is 0 Å². The molecule has 1 aromatic rings. The van der Waals surface area contributed by atoms with Gasteiger partial charge in [-0.15, -0.1) is 11.3 Å². The number of carbonyl (C=O) groups is 3. The number of hydrogen-bond donors (Lipinski definition) is 1. The number of urea groups is 2. The van der Waals surface area contributed by atoms with E-state index >= 15 is 0 Å². The van der Waals surface area contributed by atoms with Crippen LogP contribution in [-0.4, -0.2) is 65.5 Å². The number of carbonyl (C=O) groups excluding carboxylic acids is 3. The number of rotatable bonds is 1. The molecule has 1 aromatic heterocycles. The smallest absolute Gasteiger partial charge is 0.328 e. The van der Waals surface area contributed by atoms with Crippen molar-refractivity contribution in [3.05, 3.63) is 11.6 Å². The van der Waals surface area contributed by atoms with Crippen LogP contribution in [0.4, 0.5) is 14.7 Å². The number of nitrogens with one attached hydrogen (secondary N) is 1. The third-order valence-corrected chi connectivity index (χ3v) is 4.02. The largest absolute Gasteiger partial charge is 0.336 e. The SMILES string of the molecule is O=C1NCCN1C(=O)N1CCN(c2nccs2)C(=O)C1. The van der Waals surface area contributed by atoms with Crippen LogP contribution in [0, 0.1) is 0 Å². The molecule has 0 spiro atoms. The van der Waals surface area contributed by atoms with Crippen LogP contribution < -0.4 is 10.2 Å². The Kier molecular flexibility index (Phi) is 3.26. The van der Waals surface area contributed by atoms with Crippen LogP contribution in [-0.2, 0) is 4.79 Å². The molecule has 106 valence electrons. The van der Waals surface area contributed by atoms with Crippen molar-refractivity contribution in [3.63, 3.8) is 0 Å². The Morgan fingerprint density at radius 2 is 2.15 bits per heavy atom. The lowest BCUT2D eigenvalue weighted by Gasteiger charge is -2.34. The maximum Gasteiger partial charge on any atom is 0.328 e. The van der Waals surface area contributed by atoms with E-state index < -0.39 is 12.1 Å². The highest BCUT2D eigenvalue weighted by Gasteiger charge is 2.35. The number of anilines is 1. The van der Waals surface area contributed by atoms with Crippen molar-refractivity contribution >= 4 is 34.4 Å². The number of piperazine rings is 1. The summed E-state index contributed by atoms with van der Waals surface area (Å²) >= 11 is 1.38. The summed E-state index contributed by atoms with van der Waals surface area (Å²) in [5.74, 6) is -0.181. The predicted octanol–water partition coefficient (Wildman–Crippen LogP) is -0.0631. The van der Waals surface area contributed by atoms with E-state index in [0.29, 0.717) is 31.3 Å². The van der Waals surface area contributed by atoms with Gasteiger partial charge in [0.15, 0.2) is 5.13 Å². The Hall–Kier alpha value is -2.16. The molecule has 2 fully saturated rings. The molecule has 3 heterocycles. The molecular formula is C11H13N5O3S. The minimum atomic E-state index is -0.410. The summed E-state index contributed by atoms with van der Waals surface area (Å²) in [6.07, 6.45) is 1.64. The molecule has 9 heteroatoms. The Morgan fingerprint density at radius 3 is 2.75 bits per heavy atom. The van der Waals surface area contributed by atoms with Crippen molar-refractivity contribution in [1.82, 2.24) is 20.1 Å². The van der Waals surface area contributed by atoms with Crippen molar-refractivity contribution in [2.45, 2.75) is 0 Å². The van der Waals surface area contributed by atoms with Crippen molar-refractivity contribution in [3.8, 4) is 0 Å². The highest BCUT2D eigenvalue weighted by atomic mass is 32.1. The molecule has 0 atom stereocenters. The van der Waals surface area contributed by atoms with Crippen LogP contribution >= 0.6 is 11.3 Å². The summed E-state index contributed by atoms with van der Waals surface area (Å²) in [6, 6.07) is -0.808. The lowest BCUT2D eigenvalue weighted by atomic mass is 10.3. The number of hydrogen-bond acceptors (Lipinski definition) is 5.